The third-order valence-corrected chi connectivity index (χ3v) is 3.53. The fourth-order valence-corrected chi connectivity index (χ4v) is 2.43. The number of rotatable bonds is 5. The van der Waals surface area contributed by atoms with Crippen LogP contribution in [0.2, 0.25) is 0 Å². The lowest BCUT2D eigenvalue weighted by Gasteiger charge is -2.15. The van der Waals surface area contributed by atoms with E-state index in [0.29, 0.717) is 33.9 Å². The summed E-state index contributed by atoms with van der Waals surface area (Å²) in [6, 6.07) is 4.84. The number of ether oxygens (including phenoxy) is 1. The van der Waals surface area contributed by atoms with Crippen molar-refractivity contribution in [1.29, 1.82) is 0 Å². The monoisotopic (exact) mass is 342 g/mol. The van der Waals surface area contributed by atoms with Crippen molar-refractivity contribution in [1.82, 2.24) is 10.2 Å². The molecule has 108 valence electrons. The Morgan fingerprint density at radius 3 is 2.90 bits per heavy atom. The molecular weight excluding hydrogens is 328 g/mol. The second kappa shape index (κ2) is 6.34. The van der Waals surface area contributed by atoms with Gasteiger partial charge in [0.1, 0.15) is 6.10 Å². The molecule has 0 aliphatic carbocycles. The number of aromatic nitrogens is 2. The first-order valence-electron chi connectivity index (χ1n) is 6.07. The minimum absolute atomic E-state index is 0.383. The average molecular weight is 343 g/mol. The van der Waals surface area contributed by atoms with Crippen LogP contribution >= 0.6 is 15.9 Å². The molecular formula is C13H15BrN2O4. The molecule has 3 N–H and O–H groups in total. The van der Waals surface area contributed by atoms with Crippen LogP contribution in [0, 0.1) is 0 Å². The first kappa shape index (κ1) is 15.0. The highest BCUT2D eigenvalue weighted by Gasteiger charge is 2.22. The maximum atomic E-state index is 11.4. The van der Waals surface area contributed by atoms with Crippen molar-refractivity contribution in [3.05, 3.63) is 29.5 Å². The molecule has 1 heterocycles. The number of halogens is 1. The van der Waals surface area contributed by atoms with E-state index >= 15 is 0 Å². The number of methoxy groups -OCH3 is 1. The first-order valence-corrected chi connectivity index (χ1v) is 7.19. The third kappa shape index (κ3) is 2.84. The molecule has 6 nitrogen and oxygen atoms in total. The summed E-state index contributed by atoms with van der Waals surface area (Å²) in [6.07, 6.45) is -1.53. The van der Waals surface area contributed by atoms with E-state index in [0.717, 1.165) is 0 Å². The van der Waals surface area contributed by atoms with Gasteiger partial charge in [0.2, 0.25) is 0 Å². The van der Waals surface area contributed by atoms with Gasteiger partial charge in [0, 0.05) is 10.7 Å². The number of aliphatic hydroxyl groups excluding tert-OH is 2. The van der Waals surface area contributed by atoms with Gasteiger partial charge in [-0.15, -0.1) is 0 Å². The number of aromatic amines is 1. The summed E-state index contributed by atoms with van der Waals surface area (Å²) in [5.41, 5.74) is 1.35. The van der Waals surface area contributed by atoms with Gasteiger partial charge >= 0.3 is 5.97 Å². The van der Waals surface area contributed by atoms with Gasteiger partial charge in [-0.3, -0.25) is 5.10 Å². The summed E-state index contributed by atoms with van der Waals surface area (Å²) in [6.45, 7) is 0. The smallest absolute Gasteiger partial charge is 0.337 e. The molecule has 2 unspecified atom stereocenters. The number of carbonyl (C=O) groups is 1. The summed E-state index contributed by atoms with van der Waals surface area (Å²) in [4.78, 5) is 11.4. The van der Waals surface area contributed by atoms with Gasteiger partial charge in [-0.05, 0) is 24.6 Å². The fraction of sp³-hybridized carbons (Fsp3) is 0.385. The largest absolute Gasteiger partial charge is 0.465 e. The Morgan fingerprint density at radius 2 is 2.25 bits per heavy atom. The number of nitrogens with zero attached hydrogens (tertiary/aromatic N) is 1. The molecule has 0 saturated heterocycles. The van der Waals surface area contributed by atoms with E-state index in [1.807, 2.05) is 0 Å². The number of benzene rings is 1. The van der Waals surface area contributed by atoms with Gasteiger partial charge in [0.05, 0.1) is 30.0 Å². The first-order chi connectivity index (χ1) is 9.58. The van der Waals surface area contributed by atoms with E-state index in [4.69, 9.17) is 0 Å². The molecule has 0 spiro atoms. The minimum Gasteiger partial charge on any atom is -0.465 e. The summed E-state index contributed by atoms with van der Waals surface area (Å²) < 4.78 is 4.64. The Balaban J connectivity index is 2.35. The van der Waals surface area contributed by atoms with Crippen molar-refractivity contribution < 1.29 is 19.7 Å². The minimum atomic E-state index is -1.05. The van der Waals surface area contributed by atoms with Crippen LogP contribution in [0.4, 0.5) is 0 Å². The zero-order valence-electron chi connectivity index (χ0n) is 10.8. The maximum Gasteiger partial charge on any atom is 0.337 e. The van der Waals surface area contributed by atoms with Crippen molar-refractivity contribution in [3.8, 4) is 0 Å². The normalized spacial score (nSPS) is 14.2. The maximum absolute atomic E-state index is 11.4. The number of aliphatic hydroxyl groups is 2. The van der Waals surface area contributed by atoms with Gasteiger partial charge in [-0.1, -0.05) is 15.9 Å². The molecule has 2 rings (SSSR count). The molecule has 0 fully saturated rings. The number of hydrogen-bond acceptors (Lipinski definition) is 5. The van der Waals surface area contributed by atoms with Gasteiger partial charge in [0.25, 0.3) is 0 Å². The van der Waals surface area contributed by atoms with Crippen LogP contribution in [-0.4, -0.2) is 44.9 Å². The standard InChI is InChI=1S/C13H15BrN2O4/c1-20-13(19)7-2-3-8-9(6-7)15-16-11(8)12(18)10(17)4-5-14/h2-3,6,10,12,17-18H,4-5H2,1H3,(H,15,16). The van der Waals surface area contributed by atoms with Crippen LogP contribution in [0.15, 0.2) is 18.2 Å². The van der Waals surface area contributed by atoms with E-state index in [-0.39, 0.29) is 0 Å². The second-order valence-corrected chi connectivity index (χ2v) is 5.14. The van der Waals surface area contributed by atoms with E-state index in [1.54, 1.807) is 18.2 Å². The number of H-pyrrole nitrogens is 1. The van der Waals surface area contributed by atoms with Crippen LogP contribution in [0.25, 0.3) is 10.9 Å². The van der Waals surface area contributed by atoms with Crippen LogP contribution in [0.1, 0.15) is 28.6 Å². The number of nitrogens with one attached hydrogen (secondary N) is 1. The fourth-order valence-electron chi connectivity index (χ4n) is 1.96. The van der Waals surface area contributed by atoms with E-state index in [9.17, 15) is 15.0 Å². The van der Waals surface area contributed by atoms with Crippen LogP contribution < -0.4 is 0 Å². The van der Waals surface area contributed by atoms with Gasteiger partial charge in [-0.25, -0.2) is 4.79 Å². The van der Waals surface area contributed by atoms with E-state index < -0.39 is 18.2 Å². The Kier molecular flexibility index (Phi) is 4.74. The highest BCUT2D eigenvalue weighted by molar-refractivity contribution is 9.09. The Hall–Kier alpha value is -1.44. The molecule has 1 aromatic heterocycles. The van der Waals surface area contributed by atoms with Crippen LogP contribution in [0.5, 0.6) is 0 Å². The zero-order valence-corrected chi connectivity index (χ0v) is 12.4. The molecule has 0 bridgehead atoms. The molecule has 2 atom stereocenters. The van der Waals surface area contributed by atoms with Crippen LogP contribution in [0.3, 0.4) is 0 Å². The Morgan fingerprint density at radius 1 is 1.50 bits per heavy atom. The molecule has 0 radical (unpaired) electrons. The molecule has 0 saturated carbocycles. The summed E-state index contributed by atoms with van der Waals surface area (Å²) >= 11 is 3.22. The average Bonchev–Trinajstić information content (AvgIpc) is 2.88. The second-order valence-electron chi connectivity index (χ2n) is 4.35. The quantitative estimate of drug-likeness (QED) is 0.565. The van der Waals surface area contributed by atoms with Gasteiger partial charge in [0.15, 0.2) is 0 Å². The van der Waals surface area contributed by atoms with Crippen molar-refractivity contribution >= 4 is 32.8 Å². The van der Waals surface area contributed by atoms with Gasteiger partial charge < -0.3 is 14.9 Å². The topological polar surface area (TPSA) is 95.4 Å². The van der Waals surface area contributed by atoms with E-state index in [2.05, 4.69) is 30.9 Å². The molecule has 2 aromatic rings. The van der Waals surface area contributed by atoms with Crippen molar-refractivity contribution in [2.45, 2.75) is 18.6 Å². The lowest BCUT2D eigenvalue weighted by Crippen LogP contribution is -2.19. The van der Waals surface area contributed by atoms with Crippen molar-refractivity contribution in [2.75, 3.05) is 12.4 Å². The Bertz CT molecular complexity index is 613. The number of esters is 1. The lowest BCUT2D eigenvalue weighted by atomic mass is 10.0. The predicted octanol–water partition coefficient (Wildman–Crippen LogP) is 1.53. The molecule has 0 aliphatic rings. The van der Waals surface area contributed by atoms with Gasteiger partial charge in [-0.2, -0.15) is 5.10 Å². The highest BCUT2D eigenvalue weighted by Crippen LogP contribution is 2.26. The zero-order chi connectivity index (χ0) is 14.7. The number of fused-ring (bicyclic) bond motifs is 1. The van der Waals surface area contributed by atoms with Crippen molar-refractivity contribution in [3.63, 3.8) is 0 Å². The molecule has 0 aliphatic heterocycles. The molecule has 0 amide bonds. The number of alkyl halides is 1. The molecule has 1 aromatic carbocycles. The predicted molar refractivity (Wildman–Crippen MR) is 76.8 cm³/mol. The summed E-state index contributed by atoms with van der Waals surface area (Å²) in [5.74, 6) is -0.448. The SMILES string of the molecule is COC(=O)c1ccc2c(C(O)C(O)CCBr)[nH]nc2c1. The molecule has 7 heteroatoms. The van der Waals surface area contributed by atoms with Crippen molar-refractivity contribution in [2.24, 2.45) is 0 Å². The summed E-state index contributed by atoms with van der Waals surface area (Å²) in [7, 11) is 1.31. The summed E-state index contributed by atoms with van der Waals surface area (Å²) in [5, 5.41) is 27.9. The Labute approximate surface area is 123 Å². The number of hydrogen-bond donors (Lipinski definition) is 3. The number of carbonyl (C=O) groups excluding carboxylic acids is 1. The molecule has 20 heavy (non-hydrogen) atoms. The van der Waals surface area contributed by atoms with E-state index in [1.165, 1.54) is 7.11 Å². The third-order valence-electron chi connectivity index (χ3n) is 3.07. The van der Waals surface area contributed by atoms with Crippen LogP contribution in [-0.2, 0) is 4.74 Å². The lowest BCUT2D eigenvalue weighted by molar-refractivity contribution is 0.0156. The highest BCUT2D eigenvalue weighted by atomic mass is 79.9.